The standard InChI is InChI=1S/C9H17NO3/c1-8(2,3)12-7(11)9(4,5)13-10-6/h6H2,1-5H3. The van der Waals surface area contributed by atoms with Gasteiger partial charge < -0.3 is 9.57 Å². The quantitative estimate of drug-likeness (QED) is 0.384. The van der Waals surface area contributed by atoms with E-state index in [2.05, 4.69) is 11.9 Å². The van der Waals surface area contributed by atoms with Crippen molar-refractivity contribution in [1.29, 1.82) is 0 Å². The van der Waals surface area contributed by atoms with Crippen LogP contribution in [0, 0.1) is 0 Å². The number of rotatable bonds is 3. The molecule has 0 heterocycles. The Morgan fingerprint density at radius 2 is 1.69 bits per heavy atom. The summed E-state index contributed by atoms with van der Waals surface area (Å²) in [6.45, 7) is 11.7. The van der Waals surface area contributed by atoms with Crippen molar-refractivity contribution in [3.63, 3.8) is 0 Å². The molecular formula is C9H17NO3. The third kappa shape index (κ3) is 4.50. The van der Waals surface area contributed by atoms with Crippen molar-refractivity contribution in [1.82, 2.24) is 0 Å². The minimum Gasteiger partial charge on any atom is -0.457 e. The second kappa shape index (κ2) is 3.77. The fourth-order valence-electron chi connectivity index (χ4n) is 0.600. The van der Waals surface area contributed by atoms with E-state index in [1.807, 2.05) is 0 Å². The van der Waals surface area contributed by atoms with Gasteiger partial charge in [-0.05, 0) is 34.6 Å². The van der Waals surface area contributed by atoms with Crippen LogP contribution >= 0.6 is 0 Å². The molecule has 0 bridgehead atoms. The average molecular weight is 187 g/mol. The van der Waals surface area contributed by atoms with Crippen LogP contribution in [0.2, 0.25) is 0 Å². The van der Waals surface area contributed by atoms with Gasteiger partial charge in [-0.25, -0.2) is 4.79 Å². The number of hydrogen-bond acceptors (Lipinski definition) is 4. The molecule has 4 nitrogen and oxygen atoms in total. The highest BCUT2D eigenvalue weighted by molar-refractivity contribution is 5.78. The van der Waals surface area contributed by atoms with Gasteiger partial charge in [-0.3, -0.25) is 0 Å². The van der Waals surface area contributed by atoms with Gasteiger partial charge in [0.2, 0.25) is 5.60 Å². The lowest BCUT2D eigenvalue weighted by atomic mass is 10.1. The number of carbonyl (C=O) groups excluding carboxylic acids is 1. The van der Waals surface area contributed by atoms with Gasteiger partial charge >= 0.3 is 5.97 Å². The first-order valence-electron chi connectivity index (χ1n) is 4.07. The van der Waals surface area contributed by atoms with Gasteiger partial charge in [0.15, 0.2) is 0 Å². The highest BCUT2D eigenvalue weighted by Crippen LogP contribution is 2.17. The molecule has 0 fully saturated rings. The van der Waals surface area contributed by atoms with Crippen molar-refractivity contribution < 1.29 is 14.4 Å². The fourth-order valence-corrected chi connectivity index (χ4v) is 0.600. The zero-order chi connectivity index (χ0) is 10.7. The predicted molar refractivity (Wildman–Crippen MR) is 50.6 cm³/mol. The van der Waals surface area contributed by atoms with Gasteiger partial charge in [-0.15, -0.1) is 5.16 Å². The van der Waals surface area contributed by atoms with Gasteiger partial charge in [0, 0.05) is 6.72 Å². The molecule has 76 valence electrons. The van der Waals surface area contributed by atoms with Gasteiger partial charge in [-0.1, -0.05) is 0 Å². The summed E-state index contributed by atoms with van der Waals surface area (Å²) in [6, 6.07) is 0. The van der Waals surface area contributed by atoms with Crippen LogP contribution in [0.25, 0.3) is 0 Å². The normalized spacial score (nSPS) is 12.1. The maximum atomic E-state index is 11.4. The number of oxime groups is 1. The largest absolute Gasteiger partial charge is 0.457 e. The molecule has 0 saturated heterocycles. The van der Waals surface area contributed by atoms with Crippen molar-refractivity contribution in [3.05, 3.63) is 0 Å². The van der Waals surface area contributed by atoms with Crippen molar-refractivity contribution in [3.8, 4) is 0 Å². The third-order valence-corrected chi connectivity index (χ3v) is 1.18. The topological polar surface area (TPSA) is 47.9 Å². The summed E-state index contributed by atoms with van der Waals surface area (Å²) < 4.78 is 5.10. The first-order valence-corrected chi connectivity index (χ1v) is 4.07. The maximum Gasteiger partial charge on any atom is 0.353 e. The van der Waals surface area contributed by atoms with E-state index >= 15 is 0 Å². The van der Waals surface area contributed by atoms with Crippen molar-refractivity contribution >= 4 is 12.7 Å². The Balaban J connectivity index is 4.33. The van der Waals surface area contributed by atoms with Crippen molar-refractivity contribution in [2.24, 2.45) is 5.16 Å². The molecule has 0 aliphatic heterocycles. The zero-order valence-electron chi connectivity index (χ0n) is 8.88. The maximum absolute atomic E-state index is 11.4. The Hall–Kier alpha value is -1.06. The molecule has 0 aromatic heterocycles. The van der Waals surface area contributed by atoms with Crippen molar-refractivity contribution in [2.75, 3.05) is 0 Å². The third-order valence-electron chi connectivity index (χ3n) is 1.18. The summed E-state index contributed by atoms with van der Waals surface area (Å²) in [5.74, 6) is -0.451. The van der Waals surface area contributed by atoms with Crippen LogP contribution in [0.15, 0.2) is 5.16 Å². The summed E-state index contributed by atoms with van der Waals surface area (Å²) in [7, 11) is 0. The Bertz CT molecular complexity index is 203. The van der Waals surface area contributed by atoms with Gasteiger partial charge in [-0.2, -0.15) is 0 Å². The van der Waals surface area contributed by atoms with Crippen LogP contribution in [-0.2, 0) is 14.4 Å². The molecule has 13 heavy (non-hydrogen) atoms. The summed E-state index contributed by atoms with van der Waals surface area (Å²) in [4.78, 5) is 16.2. The van der Waals surface area contributed by atoms with E-state index < -0.39 is 17.2 Å². The molecule has 4 heteroatoms. The highest BCUT2D eigenvalue weighted by atomic mass is 16.7. The minimum absolute atomic E-state index is 0.451. The Labute approximate surface area is 78.9 Å². The van der Waals surface area contributed by atoms with Crippen LogP contribution in [0.4, 0.5) is 0 Å². The summed E-state index contributed by atoms with van der Waals surface area (Å²) >= 11 is 0. The van der Waals surface area contributed by atoms with E-state index in [4.69, 9.17) is 9.57 Å². The summed E-state index contributed by atoms with van der Waals surface area (Å²) in [5.41, 5.74) is -1.59. The summed E-state index contributed by atoms with van der Waals surface area (Å²) in [5, 5.41) is 3.21. The van der Waals surface area contributed by atoms with Gasteiger partial charge in [0.05, 0.1) is 0 Å². The molecule has 0 aliphatic rings. The van der Waals surface area contributed by atoms with Crippen LogP contribution < -0.4 is 0 Å². The predicted octanol–water partition coefficient (Wildman–Crippen LogP) is 1.74. The van der Waals surface area contributed by atoms with Gasteiger partial charge in [0.1, 0.15) is 5.60 Å². The number of nitrogens with zero attached hydrogens (tertiary/aromatic N) is 1. The Kier molecular flexibility index (Phi) is 3.46. The number of carbonyl (C=O) groups is 1. The average Bonchev–Trinajstić information content (AvgIpc) is 1.82. The Morgan fingerprint density at radius 1 is 1.23 bits per heavy atom. The first-order chi connectivity index (χ1) is 5.69. The summed E-state index contributed by atoms with van der Waals surface area (Å²) in [6.07, 6.45) is 0. The van der Waals surface area contributed by atoms with Crippen LogP contribution in [0.5, 0.6) is 0 Å². The lowest BCUT2D eigenvalue weighted by molar-refractivity contribution is -0.179. The van der Waals surface area contributed by atoms with Crippen molar-refractivity contribution in [2.45, 2.75) is 45.8 Å². The molecule has 0 atom stereocenters. The smallest absolute Gasteiger partial charge is 0.353 e. The number of ether oxygens (including phenoxy) is 1. The van der Waals surface area contributed by atoms with Crippen LogP contribution in [0.1, 0.15) is 34.6 Å². The number of hydrogen-bond donors (Lipinski definition) is 0. The van der Waals surface area contributed by atoms with E-state index in [9.17, 15) is 4.79 Å². The van der Waals surface area contributed by atoms with E-state index in [-0.39, 0.29) is 0 Å². The van der Waals surface area contributed by atoms with Crippen LogP contribution in [0.3, 0.4) is 0 Å². The van der Waals surface area contributed by atoms with Gasteiger partial charge in [0.25, 0.3) is 0 Å². The van der Waals surface area contributed by atoms with E-state index in [0.717, 1.165) is 0 Å². The lowest BCUT2D eigenvalue weighted by Crippen LogP contribution is -2.39. The minimum atomic E-state index is -1.07. The number of esters is 1. The van der Waals surface area contributed by atoms with E-state index in [1.54, 1.807) is 34.6 Å². The molecule has 0 aromatic rings. The lowest BCUT2D eigenvalue weighted by Gasteiger charge is -2.26. The SMILES string of the molecule is C=NOC(C)(C)C(=O)OC(C)(C)C. The molecule has 0 aromatic carbocycles. The van der Waals surface area contributed by atoms with Crippen LogP contribution in [-0.4, -0.2) is 23.9 Å². The highest BCUT2D eigenvalue weighted by Gasteiger charge is 2.34. The molecule has 0 N–H and O–H groups in total. The second-order valence-electron chi connectivity index (χ2n) is 4.23. The fraction of sp³-hybridized carbons (Fsp3) is 0.778. The molecule has 0 aliphatic carbocycles. The molecule has 0 radical (unpaired) electrons. The second-order valence-corrected chi connectivity index (χ2v) is 4.23. The molecular weight excluding hydrogens is 170 g/mol. The Morgan fingerprint density at radius 3 is 2.00 bits per heavy atom. The first kappa shape index (κ1) is 11.9. The molecule has 0 saturated carbocycles. The molecule has 0 spiro atoms. The molecule has 0 rings (SSSR count). The molecule has 0 unspecified atom stereocenters. The van der Waals surface area contributed by atoms with E-state index in [0.29, 0.717) is 0 Å². The molecule has 0 amide bonds. The zero-order valence-corrected chi connectivity index (χ0v) is 8.88. The van der Waals surface area contributed by atoms with E-state index in [1.165, 1.54) is 0 Å². The monoisotopic (exact) mass is 187 g/mol.